The first-order chi connectivity index (χ1) is 32.5. The number of carbonyl (C=O) groups excluding carboxylic acids is 2. The Morgan fingerprint density at radius 1 is 0.478 bits per heavy atom. The van der Waals surface area contributed by atoms with Gasteiger partial charge in [0.25, 0.3) is 0 Å². The van der Waals surface area contributed by atoms with Crippen LogP contribution in [0.3, 0.4) is 0 Å². The van der Waals surface area contributed by atoms with E-state index in [1.807, 2.05) is 12.2 Å². The third-order valence-corrected chi connectivity index (χ3v) is 12.1. The van der Waals surface area contributed by atoms with Gasteiger partial charge < -0.3 is 64.2 Å². The topological polar surface area (TPSA) is 231 Å². The smallest absolute Gasteiger partial charge is 0.306 e. The van der Waals surface area contributed by atoms with Gasteiger partial charge in [-0.3, -0.25) is 9.59 Å². The summed E-state index contributed by atoms with van der Waals surface area (Å²) in [4.78, 5) is 25.7. The van der Waals surface area contributed by atoms with Crippen LogP contribution in [0.5, 0.6) is 0 Å². The maximum atomic E-state index is 13.0. The fraction of sp³-hybridized carbons (Fsp3) is 0.808. The quantitative estimate of drug-likeness (QED) is 0.0185. The average Bonchev–Trinajstić information content (AvgIpc) is 3.32. The van der Waals surface area contributed by atoms with Gasteiger partial charge in [0.15, 0.2) is 18.7 Å². The van der Waals surface area contributed by atoms with Crippen molar-refractivity contribution in [3.63, 3.8) is 0 Å². The molecule has 0 spiro atoms. The summed E-state index contributed by atoms with van der Waals surface area (Å²) < 4.78 is 33.5. The number of esters is 2. The first kappa shape index (κ1) is 60.6. The van der Waals surface area contributed by atoms with Crippen molar-refractivity contribution in [1.29, 1.82) is 0 Å². The lowest BCUT2D eigenvalue weighted by molar-refractivity contribution is -0.332. The van der Waals surface area contributed by atoms with Crippen molar-refractivity contribution >= 4 is 11.9 Å². The normalized spacial score (nSPS) is 26.3. The molecule has 67 heavy (non-hydrogen) atoms. The SMILES string of the molecule is CCCCCCCCC/C=C/C/C=C/C/C=C/C/C=C/CCCC(=O)O[C@H](COC(=O)CCCCCCCCCCCC)CO[C@H]1O[C@@H](CO[C@H]2O[C@@H](CO)[C@@H](O)C(O)C2O)[C@@H](O)C(O)C1O. The van der Waals surface area contributed by atoms with Crippen LogP contribution in [0, 0.1) is 0 Å². The Kier molecular flexibility index (Phi) is 35.5. The number of unbranched alkanes of at least 4 members (excludes halogenated alkanes) is 17. The van der Waals surface area contributed by atoms with Crippen LogP contribution in [0.15, 0.2) is 48.6 Å². The average molecular weight is 955 g/mol. The summed E-state index contributed by atoms with van der Waals surface area (Å²) in [5, 5.41) is 72.0. The molecule has 0 bridgehead atoms. The van der Waals surface area contributed by atoms with Crippen molar-refractivity contribution < 1.29 is 73.8 Å². The monoisotopic (exact) mass is 955 g/mol. The van der Waals surface area contributed by atoms with Crippen LogP contribution in [-0.2, 0) is 38.0 Å². The zero-order valence-electron chi connectivity index (χ0n) is 40.9. The summed E-state index contributed by atoms with van der Waals surface area (Å²) in [5.41, 5.74) is 0. The largest absolute Gasteiger partial charge is 0.462 e. The van der Waals surface area contributed by atoms with Crippen LogP contribution in [-0.4, -0.2) is 142 Å². The molecule has 388 valence electrons. The molecule has 2 heterocycles. The molecule has 7 N–H and O–H groups in total. The number of hydrogen-bond acceptors (Lipinski definition) is 15. The fourth-order valence-corrected chi connectivity index (χ4v) is 7.80. The highest BCUT2D eigenvalue weighted by atomic mass is 16.7. The molecule has 2 rings (SSSR count). The van der Waals surface area contributed by atoms with Crippen molar-refractivity contribution in [2.75, 3.05) is 26.4 Å². The molecule has 2 aliphatic rings. The van der Waals surface area contributed by atoms with Crippen LogP contribution >= 0.6 is 0 Å². The third-order valence-electron chi connectivity index (χ3n) is 12.1. The molecule has 0 aliphatic carbocycles. The van der Waals surface area contributed by atoms with Crippen molar-refractivity contribution in [1.82, 2.24) is 0 Å². The molecule has 2 fully saturated rings. The predicted octanol–water partition coefficient (Wildman–Crippen LogP) is 7.10. The molecule has 0 aromatic rings. The summed E-state index contributed by atoms with van der Waals surface area (Å²) in [7, 11) is 0. The summed E-state index contributed by atoms with van der Waals surface area (Å²) in [6, 6.07) is 0. The second kappa shape index (κ2) is 39.2. The molecule has 11 atom stereocenters. The Bertz CT molecular complexity index is 1350. The molecule has 0 radical (unpaired) electrons. The molecule has 2 saturated heterocycles. The van der Waals surface area contributed by atoms with Crippen LogP contribution in [0.4, 0.5) is 0 Å². The minimum absolute atomic E-state index is 0.0896. The minimum Gasteiger partial charge on any atom is -0.462 e. The summed E-state index contributed by atoms with van der Waals surface area (Å²) in [6.45, 7) is 2.51. The van der Waals surface area contributed by atoms with E-state index in [0.717, 1.165) is 44.9 Å². The highest BCUT2D eigenvalue weighted by molar-refractivity contribution is 5.70. The molecular weight excluding hydrogens is 865 g/mol. The number of aliphatic hydroxyl groups is 7. The van der Waals surface area contributed by atoms with Crippen LogP contribution in [0.1, 0.15) is 174 Å². The van der Waals surface area contributed by atoms with Gasteiger partial charge in [-0.1, -0.05) is 159 Å². The van der Waals surface area contributed by atoms with Crippen molar-refractivity contribution in [3.8, 4) is 0 Å². The molecule has 2 aliphatic heterocycles. The molecule has 0 aromatic heterocycles. The third kappa shape index (κ3) is 27.4. The first-order valence-electron chi connectivity index (χ1n) is 25.7. The molecular formula is C52H90O15. The van der Waals surface area contributed by atoms with E-state index in [1.165, 1.54) is 83.5 Å². The zero-order valence-corrected chi connectivity index (χ0v) is 40.9. The van der Waals surface area contributed by atoms with Gasteiger partial charge in [0, 0.05) is 12.8 Å². The number of carbonyl (C=O) groups is 2. The van der Waals surface area contributed by atoms with Gasteiger partial charge in [-0.05, 0) is 51.4 Å². The van der Waals surface area contributed by atoms with Gasteiger partial charge in [0.2, 0.25) is 0 Å². The Morgan fingerprint density at radius 2 is 0.910 bits per heavy atom. The molecule has 4 unspecified atom stereocenters. The number of hydrogen-bond donors (Lipinski definition) is 7. The van der Waals surface area contributed by atoms with E-state index in [1.54, 1.807) is 0 Å². The highest BCUT2D eigenvalue weighted by Crippen LogP contribution is 2.26. The van der Waals surface area contributed by atoms with Gasteiger partial charge in [-0.25, -0.2) is 0 Å². The van der Waals surface area contributed by atoms with E-state index in [2.05, 4.69) is 50.3 Å². The Morgan fingerprint density at radius 3 is 1.45 bits per heavy atom. The molecule has 15 heteroatoms. The van der Waals surface area contributed by atoms with E-state index in [9.17, 15) is 45.3 Å². The number of rotatable bonds is 39. The maximum absolute atomic E-state index is 13.0. The lowest BCUT2D eigenvalue weighted by Crippen LogP contribution is -2.61. The van der Waals surface area contributed by atoms with Crippen molar-refractivity contribution in [2.45, 2.75) is 242 Å². The van der Waals surface area contributed by atoms with Gasteiger partial charge >= 0.3 is 11.9 Å². The van der Waals surface area contributed by atoms with E-state index in [-0.39, 0.29) is 19.4 Å². The second-order valence-electron chi connectivity index (χ2n) is 18.0. The van der Waals surface area contributed by atoms with Gasteiger partial charge in [0.1, 0.15) is 55.4 Å². The fourth-order valence-electron chi connectivity index (χ4n) is 7.80. The number of allylic oxidation sites excluding steroid dienone is 8. The second-order valence-corrected chi connectivity index (χ2v) is 18.0. The molecule has 0 aromatic carbocycles. The van der Waals surface area contributed by atoms with Crippen molar-refractivity contribution in [2.24, 2.45) is 0 Å². The lowest BCUT2D eigenvalue weighted by atomic mass is 9.98. The van der Waals surface area contributed by atoms with Crippen LogP contribution in [0.25, 0.3) is 0 Å². The Labute approximate surface area is 401 Å². The molecule has 15 nitrogen and oxygen atoms in total. The van der Waals surface area contributed by atoms with Gasteiger partial charge in [0.05, 0.1) is 19.8 Å². The van der Waals surface area contributed by atoms with E-state index in [4.69, 9.17) is 28.4 Å². The lowest BCUT2D eigenvalue weighted by Gasteiger charge is -2.42. The van der Waals surface area contributed by atoms with E-state index < -0.39 is 99.3 Å². The van der Waals surface area contributed by atoms with Gasteiger partial charge in [-0.15, -0.1) is 0 Å². The highest BCUT2D eigenvalue weighted by Gasteiger charge is 2.47. The first-order valence-corrected chi connectivity index (χ1v) is 25.7. The number of ether oxygens (including phenoxy) is 6. The summed E-state index contributed by atoms with van der Waals surface area (Å²) in [6.07, 6.45) is 25.9. The summed E-state index contributed by atoms with van der Waals surface area (Å²) in [5.74, 6) is -0.992. The van der Waals surface area contributed by atoms with Gasteiger partial charge in [-0.2, -0.15) is 0 Å². The summed E-state index contributed by atoms with van der Waals surface area (Å²) >= 11 is 0. The number of aliphatic hydroxyl groups excluding tert-OH is 7. The standard InChI is InChI=1S/C52H90O15/c1-3-5-7-9-11-13-15-16-17-18-19-20-21-22-23-24-25-27-29-31-33-35-44(55)65-40(37-62-43(54)34-32-30-28-26-14-12-10-8-6-4-2)38-63-51-50(61)48(59)46(57)42(67-51)39-64-52-49(60)47(58)45(56)41(36-53)66-52/h17-18,20-21,23-24,27,29,40-42,45-53,56-61H,3-16,19,22,25-26,28,30-39H2,1-2H3/b18-17+,21-20+,24-23+,29-27+/t40-,41+,42+,45-,46-,47?,48?,49?,50?,51+,52+/m1/s1. The van der Waals surface area contributed by atoms with Crippen LogP contribution in [0.2, 0.25) is 0 Å². The molecule has 0 saturated carbocycles. The zero-order chi connectivity index (χ0) is 48.9. The minimum atomic E-state index is -1.77. The predicted molar refractivity (Wildman–Crippen MR) is 257 cm³/mol. The Hall–Kier alpha value is -2.54. The van der Waals surface area contributed by atoms with Crippen molar-refractivity contribution in [3.05, 3.63) is 48.6 Å². The van der Waals surface area contributed by atoms with E-state index >= 15 is 0 Å². The van der Waals surface area contributed by atoms with Crippen LogP contribution < -0.4 is 0 Å². The maximum Gasteiger partial charge on any atom is 0.306 e. The Balaban J connectivity index is 1.82. The molecule has 0 amide bonds. The van der Waals surface area contributed by atoms with E-state index in [0.29, 0.717) is 19.3 Å².